The first-order valence-corrected chi connectivity index (χ1v) is 7.58. The highest BCUT2D eigenvalue weighted by atomic mass is 15.1. The number of hydrogen-bond acceptors (Lipinski definition) is 2. The molecular weight excluding hydrogens is 244 g/mol. The molecule has 3 rings (SSSR count). The molecule has 3 unspecified atom stereocenters. The van der Waals surface area contributed by atoms with Gasteiger partial charge in [-0.3, -0.25) is 4.90 Å². The fourth-order valence-corrected chi connectivity index (χ4v) is 3.14. The molecule has 0 spiro atoms. The molecule has 2 heteroatoms. The van der Waals surface area contributed by atoms with Crippen LogP contribution in [0.25, 0.3) is 10.8 Å². The quantitative estimate of drug-likeness (QED) is 0.900. The van der Waals surface area contributed by atoms with Gasteiger partial charge in [0.1, 0.15) is 0 Å². The zero-order chi connectivity index (χ0) is 14.1. The van der Waals surface area contributed by atoms with Crippen molar-refractivity contribution in [1.82, 2.24) is 4.90 Å². The summed E-state index contributed by atoms with van der Waals surface area (Å²) in [5, 5.41) is 2.60. The second-order valence-electron chi connectivity index (χ2n) is 6.27. The van der Waals surface area contributed by atoms with E-state index >= 15 is 0 Å². The molecule has 3 atom stereocenters. The standard InChI is InChI=1S/C18H24N2/c1-13-9-17(13)12-20(2)18(11-19)16-8-7-14-5-3-4-6-15(14)10-16/h3-8,10,13,17-18H,9,11-12,19H2,1-2H3. The van der Waals surface area contributed by atoms with Crippen molar-refractivity contribution in [3.05, 3.63) is 48.0 Å². The summed E-state index contributed by atoms with van der Waals surface area (Å²) in [5.41, 5.74) is 7.37. The molecule has 0 bridgehead atoms. The third-order valence-electron chi connectivity index (χ3n) is 4.71. The molecule has 20 heavy (non-hydrogen) atoms. The molecule has 1 aliphatic rings. The lowest BCUT2D eigenvalue weighted by Crippen LogP contribution is -2.32. The molecule has 2 nitrogen and oxygen atoms in total. The number of nitrogens with two attached hydrogens (primary N) is 1. The monoisotopic (exact) mass is 268 g/mol. The molecule has 1 aliphatic carbocycles. The van der Waals surface area contributed by atoms with Gasteiger partial charge in [0.05, 0.1) is 0 Å². The lowest BCUT2D eigenvalue weighted by Gasteiger charge is -2.27. The van der Waals surface area contributed by atoms with Crippen LogP contribution in [0.4, 0.5) is 0 Å². The van der Waals surface area contributed by atoms with E-state index in [4.69, 9.17) is 5.73 Å². The Morgan fingerprint density at radius 1 is 1.20 bits per heavy atom. The molecular formula is C18H24N2. The average Bonchev–Trinajstić information content (AvgIpc) is 3.14. The number of nitrogens with zero attached hydrogens (tertiary/aromatic N) is 1. The number of rotatable bonds is 5. The predicted octanol–water partition coefficient (Wildman–Crippen LogP) is 3.43. The largest absolute Gasteiger partial charge is 0.329 e. The van der Waals surface area contributed by atoms with Crippen LogP contribution in [0.3, 0.4) is 0 Å². The van der Waals surface area contributed by atoms with Gasteiger partial charge in [0.2, 0.25) is 0 Å². The molecule has 2 N–H and O–H groups in total. The van der Waals surface area contributed by atoms with Gasteiger partial charge in [-0.1, -0.05) is 43.3 Å². The molecule has 2 aromatic rings. The molecule has 1 fully saturated rings. The maximum atomic E-state index is 6.04. The SMILES string of the molecule is CC1CC1CN(C)C(CN)c1ccc2ccccc2c1. The van der Waals surface area contributed by atoms with Crippen molar-refractivity contribution in [2.75, 3.05) is 20.1 Å². The maximum Gasteiger partial charge on any atom is 0.0467 e. The van der Waals surface area contributed by atoms with Crippen molar-refractivity contribution in [2.24, 2.45) is 17.6 Å². The van der Waals surface area contributed by atoms with Crippen molar-refractivity contribution in [1.29, 1.82) is 0 Å². The Morgan fingerprint density at radius 3 is 2.55 bits per heavy atom. The molecule has 0 radical (unpaired) electrons. The predicted molar refractivity (Wildman–Crippen MR) is 85.6 cm³/mol. The van der Waals surface area contributed by atoms with Crippen molar-refractivity contribution >= 4 is 10.8 Å². The third kappa shape index (κ3) is 2.72. The van der Waals surface area contributed by atoms with Gasteiger partial charge < -0.3 is 5.73 Å². The van der Waals surface area contributed by atoms with E-state index in [0.29, 0.717) is 12.6 Å². The van der Waals surface area contributed by atoms with Gasteiger partial charge in [-0.25, -0.2) is 0 Å². The summed E-state index contributed by atoms with van der Waals surface area (Å²) in [6.45, 7) is 4.18. The van der Waals surface area contributed by atoms with Crippen molar-refractivity contribution in [2.45, 2.75) is 19.4 Å². The molecule has 0 heterocycles. The molecule has 0 aromatic heterocycles. The topological polar surface area (TPSA) is 29.3 Å². The number of likely N-dealkylation sites (N-methyl/N-ethyl adjacent to an activating group) is 1. The Bertz CT molecular complexity index is 593. The molecule has 2 aromatic carbocycles. The molecule has 1 saturated carbocycles. The Hall–Kier alpha value is -1.38. The smallest absolute Gasteiger partial charge is 0.0467 e. The van der Waals surface area contributed by atoms with Gasteiger partial charge in [-0.2, -0.15) is 0 Å². The Balaban J connectivity index is 1.82. The Labute approximate surface area is 121 Å². The van der Waals surface area contributed by atoms with E-state index in [-0.39, 0.29) is 0 Å². The second kappa shape index (κ2) is 5.55. The van der Waals surface area contributed by atoms with Crippen LogP contribution in [0.15, 0.2) is 42.5 Å². The second-order valence-corrected chi connectivity index (χ2v) is 6.27. The van der Waals surface area contributed by atoms with Crippen LogP contribution >= 0.6 is 0 Å². The summed E-state index contributed by atoms with van der Waals surface area (Å²) < 4.78 is 0. The molecule has 106 valence electrons. The molecule has 0 amide bonds. The first-order chi connectivity index (χ1) is 9.69. The third-order valence-corrected chi connectivity index (χ3v) is 4.71. The van der Waals surface area contributed by atoms with Crippen LogP contribution in [0.2, 0.25) is 0 Å². The van der Waals surface area contributed by atoms with Crippen LogP contribution < -0.4 is 5.73 Å². The normalized spacial score (nSPS) is 23.2. The van der Waals surface area contributed by atoms with Crippen LogP contribution in [0.1, 0.15) is 24.9 Å². The lowest BCUT2D eigenvalue weighted by atomic mass is 10.0. The summed E-state index contributed by atoms with van der Waals surface area (Å²) in [6.07, 6.45) is 1.37. The van der Waals surface area contributed by atoms with Gasteiger partial charge in [-0.15, -0.1) is 0 Å². The zero-order valence-electron chi connectivity index (χ0n) is 12.4. The summed E-state index contributed by atoms with van der Waals surface area (Å²) >= 11 is 0. The number of hydrogen-bond donors (Lipinski definition) is 1. The van der Waals surface area contributed by atoms with Crippen molar-refractivity contribution in [3.8, 4) is 0 Å². The fraction of sp³-hybridized carbons (Fsp3) is 0.444. The van der Waals surface area contributed by atoms with Crippen LogP contribution in [0, 0.1) is 11.8 Å². The minimum absolute atomic E-state index is 0.326. The van der Waals surface area contributed by atoms with Gasteiger partial charge in [-0.05, 0) is 47.7 Å². The Morgan fingerprint density at radius 2 is 1.90 bits per heavy atom. The van der Waals surface area contributed by atoms with E-state index < -0.39 is 0 Å². The van der Waals surface area contributed by atoms with E-state index in [9.17, 15) is 0 Å². The van der Waals surface area contributed by atoms with Gasteiger partial charge in [0.15, 0.2) is 0 Å². The Kier molecular flexibility index (Phi) is 3.77. The number of benzene rings is 2. The van der Waals surface area contributed by atoms with E-state index in [2.05, 4.69) is 61.3 Å². The highest BCUT2D eigenvalue weighted by Crippen LogP contribution is 2.39. The van der Waals surface area contributed by atoms with E-state index in [1.165, 1.54) is 22.8 Å². The summed E-state index contributed by atoms with van der Waals surface area (Å²) in [5.74, 6) is 1.77. The number of fused-ring (bicyclic) bond motifs is 1. The van der Waals surface area contributed by atoms with Gasteiger partial charge in [0.25, 0.3) is 0 Å². The van der Waals surface area contributed by atoms with Crippen LogP contribution in [-0.2, 0) is 0 Å². The van der Waals surface area contributed by atoms with Crippen molar-refractivity contribution < 1.29 is 0 Å². The first kappa shape index (κ1) is 13.6. The fourth-order valence-electron chi connectivity index (χ4n) is 3.14. The summed E-state index contributed by atoms with van der Waals surface area (Å²) in [4.78, 5) is 2.43. The van der Waals surface area contributed by atoms with E-state index in [0.717, 1.165) is 18.4 Å². The minimum Gasteiger partial charge on any atom is -0.329 e. The molecule has 0 aliphatic heterocycles. The summed E-state index contributed by atoms with van der Waals surface area (Å²) in [6, 6.07) is 15.6. The molecule has 0 saturated heterocycles. The first-order valence-electron chi connectivity index (χ1n) is 7.58. The van der Waals surface area contributed by atoms with Crippen LogP contribution in [0.5, 0.6) is 0 Å². The average molecular weight is 268 g/mol. The van der Waals surface area contributed by atoms with Gasteiger partial charge in [0, 0.05) is 19.1 Å². The zero-order valence-corrected chi connectivity index (χ0v) is 12.4. The van der Waals surface area contributed by atoms with Crippen molar-refractivity contribution in [3.63, 3.8) is 0 Å². The highest BCUT2D eigenvalue weighted by Gasteiger charge is 2.34. The summed E-state index contributed by atoms with van der Waals surface area (Å²) in [7, 11) is 2.21. The highest BCUT2D eigenvalue weighted by molar-refractivity contribution is 5.83. The van der Waals surface area contributed by atoms with E-state index in [1.54, 1.807) is 0 Å². The van der Waals surface area contributed by atoms with Crippen LogP contribution in [-0.4, -0.2) is 25.0 Å². The minimum atomic E-state index is 0.326. The van der Waals surface area contributed by atoms with E-state index in [1.807, 2.05) is 0 Å². The maximum absolute atomic E-state index is 6.04. The van der Waals surface area contributed by atoms with Gasteiger partial charge >= 0.3 is 0 Å². The lowest BCUT2D eigenvalue weighted by molar-refractivity contribution is 0.237.